The first-order valence-corrected chi connectivity index (χ1v) is 6.99. The van der Waals surface area contributed by atoms with Gasteiger partial charge in [-0.25, -0.2) is 0 Å². The lowest BCUT2D eigenvalue weighted by atomic mass is 10.1. The van der Waals surface area contributed by atoms with Gasteiger partial charge in [-0.3, -0.25) is 0 Å². The van der Waals surface area contributed by atoms with E-state index in [4.69, 9.17) is 4.42 Å². The van der Waals surface area contributed by atoms with Gasteiger partial charge in [0.2, 0.25) is 0 Å². The zero-order chi connectivity index (χ0) is 13.2. The molecule has 0 spiro atoms. The van der Waals surface area contributed by atoms with Crippen LogP contribution in [0.5, 0.6) is 0 Å². The fourth-order valence-corrected chi connectivity index (χ4v) is 2.54. The zero-order valence-electron chi connectivity index (χ0n) is 10.6. The zero-order valence-corrected chi connectivity index (χ0v) is 12.1. The number of fused-ring (bicyclic) bond motifs is 1. The molecule has 0 saturated heterocycles. The van der Waals surface area contributed by atoms with E-state index in [1.807, 2.05) is 6.07 Å². The molecule has 96 valence electrons. The van der Waals surface area contributed by atoms with Crippen molar-refractivity contribution in [3.63, 3.8) is 0 Å². The molecule has 0 aliphatic carbocycles. The van der Waals surface area contributed by atoms with E-state index in [2.05, 4.69) is 64.6 Å². The fourth-order valence-electron chi connectivity index (χ4n) is 2.16. The number of rotatable bonds is 3. The minimum Gasteiger partial charge on any atom is -0.472 e. The van der Waals surface area contributed by atoms with Crippen LogP contribution in [0, 0.1) is 0 Å². The van der Waals surface area contributed by atoms with Gasteiger partial charge in [-0.15, -0.1) is 0 Å². The van der Waals surface area contributed by atoms with E-state index in [0.717, 1.165) is 15.7 Å². The Bertz CT molecular complexity index is 691. The number of hydrogen-bond donors (Lipinski definition) is 1. The van der Waals surface area contributed by atoms with E-state index < -0.39 is 0 Å². The lowest BCUT2D eigenvalue weighted by molar-refractivity contribution is 0.562. The summed E-state index contributed by atoms with van der Waals surface area (Å²) in [5, 5.41) is 5.94. The van der Waals surface area contributed by atoms with Crippen LogP contribution in [0.3, 0.4) is 0 Å². The molecule has 0 aliphatic rings. The third kappa shape index (κ3) is 2.66. The van der Waals surface area contributed by atoms with Crippen LogP contribution in [0.15, 0.2) is 63.9 Å². The molecule has 3 aromatic rings. The fraction of sp³-hybridized carbons (Fsp3) is 0.125. The van der Waals surface area contributed by atoms with Crippen LogP contribution in [0.4, 0.5) is 5.69 Å². The quantitative estimate of drug-likeness (QED) is 0.703. The summed E-state index contributed by atoms with van der Waals surface area (Å²) in [6.07, 6.45) is 3.47. The van der Waals surface area contributed by atoms with Crippen molar-refractivity contribution < 1.29 is 4.42 Å². The van der Waals surface area contributed by atoms with Gasteiger partial charge in [-0.05, 0) is 48.0 Å². The second-order valence-electron chi connectivity index (χ2n) is 4.63. The van der Waals surface area contributed by atoms with Crippen LogP contribution in [0.1, 0.15) is 18.5 Å². The predicted octanol–water partition coefficient (Wildman–Crippen LogP) is 5.37. The third-order valence-corrected chi connectivity index (χ3v) is 3.72. The Labute approximate surface area is 120 Å². The first kappa shape index (κ1) is 12.3. The van der Waals surface area contributed by atoms with Crippen molar-refractivity contribution >= 4 is 32.4 Å². The summed E-state index contributed by atoms with van der Waals surface area (Å²) in [5.41, 5.74) is 2.26. The molecule has 0 bridgehead atoms. The minimum absolute atomic E-state index is 0.228. The first-order chi connectivity index (χ1) is 9.22. The largest absolute Gasteiger partial charge is 0.472 e. The molecule has 3 rings (SSSR count). The van der Waals surface area contributed by atoms with Crippen LogP contribution in [-0.2, 0) is 0 Å². The molecule has 0 amide bonds. The Morgan fingerprint density at radius 1 is 1.05 bits per heavy atom. The molecule has 1 N–H and O–H groups in total. The lowest BCUT2D eigenvalue weighted by Crippen LogP contribution is -2.05. The summed E-state index contributed by atoms with van der Waals surface area (Å²) >= 11 is 3.49. The Balaban J connectivity index is 1.87. The van der Waals surface area contributed by atoms with E-state index in [1.165, 1.54) is 10.8 Å². The van der Waals surface area contributed by atoms with Crippen molar-refractivity contribution in [3.8, 4) is 0 Å². The number of furan rings is 1. The van der Waals surface area contributed by atoms with Crippen molar-refractivity contribution in [2.24, 2.45) is 0 Å². The SMILES string of the molecule is CC(Nc1ccc2cc(Br)ccc2c1)c1ccoc1. The van der Waals surface area contributed by atoms with Crippen molar-refractivity contribution in [2.45, 2.75) is 13.0 Å². The number of anilines is 1. The molecule has 0 fully saturated rings. The van der Waals surface area contributed by atoms with Gasteiger partial charge in [0.15, 0.2) is 0 Å². The topological polar surface area (TPSA) is 25.2 Å². The number of halogens is 1. The van der Waals surface area contributed by atoms with Crippen LogP contribution < -0.4 is 5.32 Å². The van der Waals surface area contributed by atoms with E-state index >= 15 is 0 Å². The first-order valence-electron chi connectivity index (χ1n) is 6.20. The van der Waals surface area contributed by atoms with Crippen LogP contribution >= 0.6 is 15.9 Å². The Hall–Kier alpha value is -1.74. The van der Waals surface area contributed by atoms with Crippen molar-refractivity contribution in [3.05, 3.63) is 65.0 Å². The highest BCUT2D eigenvalue weighted by Crippen LogP contribution is 2.25. The van der Waals surface area contributed by atoms with Gasteiger partial charge in [-0.1, -0.05) is 28.1 Å². The van der Waals surface area contributed by atoms with Gasteiger partial charge in [0.25, 0.3) is 0 Å². The van der Waals surface area contributed by atoms with Crippen molar-refractivity contribution in [2.75, 3.05) is 5.32 Å². The second kappa shape index (κ2) is 5.10. The van der Waals surface area contributed by atoms with E-state index in [0.29, 0.717) is 0 Å². The van der Waals surface area contributed by atoms with Crippen LogP contribution in [0.25, 0.3) is 10.8 Å². The van der Waals surface area contributed by atoms with Gasteiger partial charge in [-0.2, -0.15) is 0 Å². The second-order valence-corrected chi connectivity index (χ2v) is 5.54. The molecule has 1 heterocycles. The Morgan fingerprint density at radius 2 is 1.84 bits per heavy atom. The molecule has 19 heavy (non-hydrogen) atoms. The molecule has 1 aromatic heterocycles. The molecular formula is C16H14BrNO. The predicted molar refractivity (Wildman–Crippen MR) is 82.4 cm³/mol. The average Bonchev–Trinajstić information content (AvgIpc) is 2.93. The van der Waals surface area contributed by atoms with Gasteiger partial charge >= 0.3 is 0 Å². The number of hydrogen-bond acceptors (Lipinski definition) is 2. The molecule has 0 aliphatic heterocycles. The summed E-state index contributed by atoms with van der Waals surface area (Å²) in [6.45, 7) is 2.12. The summed E-state index contributed by atoms with van der Waals surface area (Å²) in [5.74, 6) is 0. The highest BCUT2D eigenvalue weighted by Gasteiger charge is 2.06. The Morgan fingerprint density at radius 3 is 2.63 bits per heavy atom. The third-order valence-electron chi connectivity index (χ3n) is 3.23. The highest BCUT2D eigenvalue weighted by molar-refractivity contribution is 9.10. The molecule has 2 nitrogen and oxygen atoms in total. The molecular weight excluding hydrogens is 302 g/mol. The van der Waals surface area contributed by atoms with E-state index in [-0.39, 0.29) is 6.04 Å². The van der Waals surface area contributed by atoms with Crippen molar-refractivity contribution in [1.29, 1.82) is 0 Å². The molecule has 1 unspecified atom stereocenters. The van der Waals surface area contributed by atoms with Gasteiger partial charge in [0, 0.05) is 15.7 Å². The monoisotopic (exact) mass is 315 g/mol. The standard InChI is InChI=1S/C16H14BrNO/c1-11(14-6-7-19-10-14)18-16-5-3-12-8-15(17)4-2-13(12)9-16/h2-11,18H,1H3. The summed E-state index contributed by atoms with van der Waals surface area (Å²) in [7, 11) is 0. The molecule has 0 saturated carbocycles. The van der Waals surface area contributed by atoms with Crippen molar-refractivity contribution in [1.82, 2.24) is 0 Å². The summed E-state index contributed by atoms with van der Waals surface area (Å²) in [6, 6.07) is 14.9. The smallest absolute Gasteiger partial charge is 0.0955 e. The number of benzene rings is 2. The molecule has 0 radical (unpaired) electrons. The molecule has 3 heteroatoms. The van der Waals surface area contributed by atoms with Gasteiger partial charge in [0.05, 0.1) is 18.6 Å². The van der Waals surface area contributed by atoms with Crippen LogP contribution in [0.2, 0.25) is 0 Å². The Kier molecular flexibility index (Phi) is 3.30. The highest BCUT2D eigenvalue weighted by atomic mass is 79.9. The van der Waals surface area contributed by atoms with Crippen LogP contribution in [-0.4, -0.2) is 0 Å². The van der Waals surface area contributed by atoms with E-state index in [1.54, 1.807) is 12.5 Å². The maximum absolute atomic E-state index is 5.11. The maximum atomic E-state index is 5.11. The van der Waals surface area contributed by atoms with Gasteiger partial charge < -0.3 is 9.73 Å². The molecule has 1 atom stereocenters. The number of nitrogens with one attached hydrogen (secondary N) is 1. The van der Waals surface area contributed by atoms with E-state index in [9.17, 15) is 0 Å². The molecule has 2 aromatic carbocycles. The maximum Gasteiger partial charge on any atom is 0.0955 e. The average molecular weight is 316 g/mol. The van der Waals surface area contributed by atoms with Gasteiger partial charge in [0.1, 0.15) is 0 Å². The summed E-state index contributed by atoms with van der Waals surface area (Å²) < 4.78 is 6.22. The minimum atomic E-state index is 0.228. The lowest BCUT2D eigenvalue weighted by Gasteiger charge is -2.14. The normalized spacial score (nSPS) is 12.5. The summed E-state index contributed by atoms with van der Waals surface area (Å²) in [4.78, 5) is 0.